The molecular formula is C27H25N3O7. The summed E-state index contributed by atoms with van der Waals surface area (Å²) in [5, 5.41) is 10.9. The van der Waals surface area contributed by atoms with Crippen LogP contribution in [0.15, 0.2) is 78.9 Å². The summed E-state index contributed by atoms with van der Waals surface area (Å²) in [6, 6.07) is 23.4. The van der Waals surface area contributed by atoms with Crippen molar-refractivity contribution >= 4 is 23.9 Å². The van der Waals surface area contributed by atoms with E-state index in [9.17, 15) is 19.2 Å². The monoisotopic (exact) mass is 503 g/mol. The van der Waals surface area contributed by atoms with E-state index in [4.69, 9.17) is 14.6 Å². The van der Waals surface area contributed by atoms with E-state index in [1.807, 2.05) is 78.9 Å². The van der Waals surface area contributed by atoms with Crippen LogP contribution in [0.25, 0.3) is 11.1 Å². The van der Waals surface area contributed by atoms with Crippen molar-refractivity contribution in [3.63, 3.8) is 0 Å². The van der Waals surface area contributed by atoms with Crippen LogP contribution < -0.4 is 16.2 Å². The normalized spacial score (nSPS) is 12.5. The number of carboxylic acids is 1. The molecule has 0 aromatic heterocycles. The second-order valence-corrected chi connectivity index (χ2v) is 8.27. The summed E-state index contributed by atoms with van der Waals surface area (Å²) in [5.74, 6) is -4.19. The highest BCUT2D eigenvalue weighted by atomic mass is 16.6. The first-order chi connectivity index (χ1) is 17.9. The summed E-state index contributed by atoms with van der Waals surface area (Å²) >= 11 is 0. The first kappa shape index (κ1) is 25.4. The molecule has 1 aliphatic carbocycles. The smallest absolute Gasteiger partial charge is 0.426 e. The Hall–Kier alpha value is -4.70. The summed E-state index contributed by atoms with van der Waals surface area (Å²) in [5.41, 5.74) is 9.31. The molecule has 3 amide bonds. The van der Waals surface area contributed by atoms with Gasteiger partial charge in [0.1, 0.15) is 12.6 Å². The quantitative estimate of drug-likeness (QED) is 0.273. The van der Waals surface area contributed by atoms with E-state index < -0.39 is 29.9 Å². The number of aliphatic carboxylic acids is 1. The topological polar surface area (TPSA) is 143 Å². The first-order valence-corrected chi connectivity index (χ1v) is 11.5. The summed E-state index contributed by atoms with van der Waals surface area (Å²) in [6.07, 6.45) is -0.913. The molecule has 0 radical (unpaired) electrons. The number of hydrogen-bond acceptors (Lipinski definition) is 6. The number of nitrogens with one attached hydrogen (secondary N) is 3. The number of ether oxygens (including phenoxy) is 2. The van der Waals surface area contributed by atoms with E-state index in [2.05, 4.69) is 16.2 Å². The largest absolute Gasteiger partial charge is 0.474 e. The van der Waals surface area contributed by atoms with Crippen molar-refractivity contribution in [3.8, 4) is 11.1 Å². The van der Waals surface area contributed by atoms with Gasteiger partial charge in [-0.25, -0.2) is 15.0 Å². The third kappa shape index (κ3) is 6.30. The van der Waals surface area contributed by atoms with Crippen molar-refractivity contribution in [1.29, 1.82) is 0 Å². The van der Waals surface area contributed by atoms with Crippen molar-refractivity contribution in [2.45, 2.75) is 18.6 Å². The molecule has 4 N–H and O–H groups in total. The molecule has 0 spiro atoms. The highest BCUT2D eigenvalue weighted by molar-refractivity contribution is 6.32. The maximum Gasteiger partial charge on any atom is 0.426 e. The molecule has 10 heteroatoms. The number of carbonyl (C=O) groups excluding carboxylic acids is 3. The Morgan fingerprint density at radius 2 is 1.41 bits per heavy atom. The number of amides is 3. The average molecular weight is 504 g/mol. The van der Waals surface area contributed by atoms with Gasteiger partial charge in [0, 0.05) is 5.92 Å². The Kier molecular flexibility index (Phi) is 8.11. The number of carboxylic acid groups (broad SMARTS) is 1. The minimum atomic E-state index is -1.76. The number of benzene rings is 3. The van der Waals surface area contributed by atoms with E-state index in [-0.39, 0.29) is 25.7 Å². The van der Waals surface area contributed by atoms with Crippen molar-refractivity contribution < 1.29 is 33.8 Å². The molecule has 0 unspecified atom stereocenters. The molecule has 1 atom stereocenters. The van der Waals surface area contributed by atoms with Gasteiger partial charge in [0.2, 0.25) is 0 Å². The molecule has 10 nitrogen and oxygen atoms in total. The molecule has 3 aromatic carbocycles. The van der Waals surface area contributed by atoms with Gasteiger partial charge in [0.15, 0.2) is 0 Å². The third-order valence-corrected chi connectivity index (χ3v) is 5.84. The SMILES string of the molecule is O=C(NNC(=O)[C@@H](COCc1ccccc1)NC(=O)C(=O)O)OCC1c2ccccc2-c2ccccc21. The Balaban J connectivity index is 1.31. The minimum Gasteiger partial charge on any atom is -0.474 e. The number of hydrogen-bond donors (Lipinski definition) is 4. The van der Waals surface area contributed by atoms with Gasteiger partial charge < -0.3 is 19.9 Å². The van der Waals surface area contributed by atoms with Gasteiger partial charge in [-0.15, -0.1) is 0 Å². The van der Waals surface area contributed by atoms with Crippen LogP contribution in [0.3, 0.4) is 0 Å². The molecule has 190 valence electrons. The van der Waals surface area contributed by atoms with E-state index in [0.29, 0.717) is 0 Å². The van der Waals surface area contributed by atoms with Crippen LogP contribution in [0.4, 0.5) is 4.79 Å². The molecule has 0 fully saturated rings. The zero-order valence-corrected chi connectivity index (χ0v) is 19.7. The number of fused-ring (bicyclic) bond motifs is 3. The molecule has 0 saturated heterocycles. The summed E-state index contributed by atoms with van der Waals surface area (Å²) in [4.78, 5) is 47.4. The van der Waals surface area contributed by atoms with Gasteiger partial charge in [0.25, 0.3) is 5.91 Å². The lowest BCUT2D eigenvalue weighted by atomic mass is 9.98. The highest BCUT2D eigenvalue weighted by Crippen LogP contribution is 2.44. The van der Waals surface area contributed by atoms with Gasteiger partial charge in [-0.05, 0) is 27.8 Å². The lowest BCUT2D eigenvalue weighted by Gasteiger charge is -2.18. The van der Waals surface area contributed by atoms with Gasteiger partial charge in [0.05, 0.1) is 13.2 Å². The van der Waals surface area contributed by atoms with Crippen molar-refractivity contribution in [2.75, 3.05) is 13.2 Å². The van der Waals surface area contributed by atoms with Crippen LogP contribution in [0.1, 0.15) is 22.6 Å². The Morgan fingerprint density at radius 3 is 2.03 bits per heavy atom. The van der Waals surface area contributed by atoms with Gasteiger partial charge in [-0.3, -0.25) is 15.0 Å². The average Bonchev–Trinajstić information content (AvgIpc) is 3.24. The number of rotatable bonds is 8. The van der Waals surface area contributed by atoms with E-state index in [1.54, 1.807) is 0 Å². The molecule has 0 heterocycles. The van der Waals surface area contributed by atoms with Crippen molar-refractivity contribution in [1.82, 2.24) is 16.2 Å². The van der Waals surface area contributed by atoms with Crippen molar-refractivity contribution in [2.24, 2.45) is 0 Å². The second kappa shape index (κ2) is 11.8. The van der Waals surface area contributed by atoms with Crippen LogP contribution in [0, 0.1) is 0 Å². The Morgan fingerprint density at radius 1 is 0.811 bits per heavy atom. The molecule has 4 rings (SSSR count). The minimum absolute atomic E-state index is 0.0368. The molecule has 37 heavy (non-hydrogen) atoms. The maximum absolute atomic E-state index is 12.6. The Labute approximate surface area is 212 Å². The van der Waals surface area contributed by atoms with Crippen molar-refractivity contribution in [3.05, 3.63) is 95.6 Å². The molecule has 0 bridgehead atoms. The summed E-state index contributed by atoms with van der Waals surface area (Å²) in [7, 11) is 0. The summed E-state index contributed by atoms with van der Waals surface area (Å²) in [6.45, 7) is -0.158. The molecule has 1 aliphatic rings. The van der Waals surface area contributed by atoms with Crippen LogP contribution in [-0.4, -0.2) is 48.2 Å². The molecule has 0 aliphatic heterocycles. The first-order valence-electron chi connectivity index (χ1n) is 11.5. The fraction of sp³-hybridized carbons (Fsp3) is 0.185. The molecule has 3 aromatic rings. The van der Waals surface area contributed by atoms with E-state index in [0.717, 1.165) is 27.8 Å². The van der Waals surface area contributed by atoms with Gasteiger partial charge in [-0.1, -0.05) is 78.9 Å². The predicted octanol–water partition coefficient (Wildman–Crippen LogP) is 2.34. The van der Waals surface area contributed by atoms with Crippen LogP contribution in [0.2, 0.25) is 0 Å². The lowest BCUT2D eigenvalue weighted by Crippen LogP contribution is -2.55. The van der Waals surface area contributed by atoms with E-state index >= 15 is 0 Å². The van der Waals surface area contributed by atoms with Crippen LogP contribution in [0.5, 0.6) is 0 Å². The third-order valence-electron chi connectivity index (χ3n) is 5.84. The fourth-order valence-electron chi connectivity index (χ4n) is 4.11. The maximum atomic E-state index is 12.6. The standard InChI is InChI=1S/C27H25N3O7/c31-24(23(28-25(32)26(33)34)16-36-14-17-8-2-1-3-9-17)29-30-27(35)37-15-22-20-12-6-4-10-18(20)19-11-5-7-13-21(19)22/h1-13,22-23H,14-16H2,(H,28,32)(H,29,31)(H,30,35)(H,33,34)/t23-/m1/s1. The number of hydrazine groups is 1. The Bertz CT molecular complexity index is 1250. The fourth-order valence-corrected chi connectivity index (χ4v) is 4.11. The zero-order valence-electron chi connectivity index (χ0n) is 19.7. The van der Waals surface area contributed by atoms with E-state index in [1.165, 1.54) is 0 Å². The van der Waals surface area contributed by atoms with Gasteiger partial charge >= 0.3 is 18.0 Å². The van der Waals surface area contributed by atoms with Gasteiger partial charge in [-0.2, -0.15) is 0 Å². The zero-order chi connectivity index (χ0) is 26.2. The summed E-state index contributed by atoms with van der Waals surface area (Å²) < 4.78 is 10.8. The lowest BCUT2D eigenvalue weighted by molar-refractivity contribution is -0.151. The van der Waals surface area contributed by atoms with Crippen LogP contribution in [-0.2, 0) is 30.5 Å². The highest BCUT2D eigenvalue weighted by Gasteiger charge is 2.29. The predicted molar refractivity (Wildman–Crippen MR) is 132 cm³/mol. The molecule has 0 saturated carbocycles. The number of carbonyl (C=O) groups is 4. The second-order valence-electron chi connectivity index (χ2n) is 8.27. The molecular weight excluding hydrogens is 478 g/mol. The van der Waals surface area contributed by atoms with Crippen LogP contribution >= 0.6 is 0 Å².